The highest BCUT2D eigenvalue weighted by atomic mass is 19.1. The van der Waals surface area contributed by atoms with Crippen LogP contribution in [-0.4, -0.2) is 86.1 Å². The number of oxazole rings is 1. The standard InChI is InChI=1S/C28H32FN5O4/c1-20-30-18-26(38-20)22-8-7-21(17-25(22)37-2)31-10-9-27(35)34(16-11-31)19-28(36)33-14-12-32(13-15-33)24-6-4-3-5-23(24)29/h3-8,17-18H,9-16,19H2,1-2H3. The lowest BCUT2D eigenvalue weighted by Crippen LogP contribution is -2.52. The van der Waals surface area contributed by atoms with Gasteiger partial charge in [0, 0.05) is 70.9 Å². The zero-order valence-electron chi connectivity index (χ0n) is 21.7. The fourth-order valence-corrected chi connectivity index (χ4v) is 5.03. The normalized spacial score (nSPS) is 16.6. The van der Waals surface area contributed by atoms with Crippen LogP contribution in [0.25, 0.3) is 11.3 Å². The zero-order valence-corrected chi connectivity index (χ0v) is 21.7. The Hall–Kier alpha value is -4.08. The number of rotatable bonds is 6. The summed E-state index contributed by atoms with van der Waals surface area (Å²) in [5.41, 5.74) is 2.31. The molecule has 2 amide bonds. The Morgan fingerprint density at radius 3 is 2.50 bits per heavy atom. The molecule has 10 heteroatoms. The molecular formula is C28H32FN5O4. The predicted molar refractivity (Wildman–Crippen MR) is 142 cm³/mol. The quantitative estimate of drug-likeness (QED) is 0.493. The second kappa shape index (κ2) is 11.1. The van der Waals surface area contributed by atoms with E-state index < -0.39 is 0 Å². The Kier molecular flexibility index (Phi) is 7.48. The van der Waals surface area contributed by atoms with Crippen molar-refractivity contribution in [1.82, 2.24) is 14.8 Å². The van der Waals surface area contributed by atoms with E-state index in [9.17, 15) is 14.0 Å². The molecule has 2 aliphatic rings. The highest BCUT2D eigenvalue weighted by Gasteiger charge is 2.28. The molecule has 2 saturated heterocycles. The number of aromatic nitrogens is 1. The second-order valence-electron chi connectivity index (χ2n) is 9.50. The van der Waals surface area contributed by atoms with E-state index in [1.807, 2.05) is 29.2 Å². The van der Waals surface area contributed by atoms with Crippen LogP contribution < -0.4 is 14.5 Å². The molecule has 5 rings (SSSR count). The third-order valence-electron chi connectivity index (χ3n) is 7.18. The topological polar surface area (TPSA) is 82.4 Å². The highest BCUT2D eigenvalue weighted by molar-refractivity contribution is 5.85. The molecule has 2 fully saturated rings. The number of methoxy groups -OCH3 is 1. The number of nitrogens with zero attached hydrogens (tertiary/aromatic N) is 5. The lowest BCUT2D eigenvalue weighted by atomic mass is 10.1. The van der Waals surface area contributed by atoms with Gasteiger partial charge in [-0.1, -0.05) is 12.1 Å². The molecule has 0 N–H and O–H groups in total. The Morgan fingerprint density at radius 1 is 1.03 bits per heavy atom. The van der Waals surface area contributed by atoms with Gasteiger partial charge in [0.15, 0.2) is 11.7 Å². The number of hydrogen-bond acceptors (Lipinski definition) is 7. The van der Waals surface area contributed by atoms with Crippen molar-refractivity contribution in [2.75, 3.05) is 69.3 Å². The highest BCUT2D eigenvalue weighted by Crippen LogP contribution is 2.34. The number of benzene rings is 2. The first kappa shape index (κ1) is 25.6. The lowest BCUT2D eigenvalue weighted by Gasteiger charge is -2.37. The number of carbonyl (C=O) groups is 2. The summed E-state index contributed by atoms with van der Waals surface area (Å²) < 4.78 is 25.4. The van der Waals surface area contributed by atoms with Crippen molar-refractivity contribution in [3.05, 3.63) is 60.4 Å². The maximum absolute atomic E-state index is 14.1. The Labute approximate surface area is 221 Å². The van der Waals surface area contributed by atoms with Gasteiger partial charge in [0.2, 0.25) is 11.8 Å². The van der Waals surface area contributed by atoms with Crippen LogP contribution >= 0.6 is 0 Å². The maximum Gasteiger partial charge on any atom is 0.242 e. The molecule has 0 unspecified atom stereocenters. The summed E-state index contributed by atoms with van der Waals surface area (Å²) in [5.74, 6) is 1.51. The van der Waals surface area contributed by atoms with Crippen LogP contribution in [0.5, 0.6) is 5.75 Å². The number of anilines is 2. The first-order chi connectivity index (χ1) is 18.4. The molecule has 38 heavy (non-hydrogen) atoms. The van der Waals surface area contributed by atoms with Crippen molar-refractivity contribution < 1.29 is 23.1 Å². The summed E-state index contributed by atoms with van der Waals surface area (Å²) >= 11 is 0. The van der Waals surface area contributed by atoms with Crippen LogP contribution in [0.1, 0.15) is 12.3 Å². The van der Waals surface area contributed by atoms with Crippen molar-refractivity contribution in [1.29, 1.82) is 0 Å². The summed E-state index contributed by atoms with van der Waals surface area (Å²) in [6.07, 6.45) is 1.99. The van der Waals surface area contributed by atoms with Gasteiger partial charge in [0.25, 0.3) is 0 Å². The van der Waals surface area contributed by atoms with Gasteiger partial charge < -0.3 is 28.8 Å². The summed E-state index contributed by atoms with van der Waals surface area (Å²) in [6.45, 7) is 5.56. The number of ether oxygens (including phenoxy) is 1. The van der Waals surface area contributed by atoms with Crippen molar-refractivity contribution in [3.8, 4) is 17.1 Å². The number of amides is 2. The van der Waals surface area contributed by atoms with Gasteiger partial charge in [-0.15, -0.1) is 0 Å². The summed E-state index contributed by atoms with van der Waals surface area (Å²) in [7, 11) is 1.61. The Morgan fingerprint density at radius 2 is 1.79 bits per heavy atom. The van der Waals surface area contributed by atoms with Crippen molar-refractivity contribution in [2.45, 2.75) is 13.3 Å². The summed E-state index contributed by atoms with van der Waals surface area (Å²) in [6, 6.07) is 12.5. The summed E-state index contributed by atoms with van der Waals surface area (Å²) in [5, 5.41) is 0. The number of piperazine rings is 1. The van der Waals surface area contributed by atoms with Crippen LogP contribution in [0.15, 0.2) is 53.1 Å². The minimum Gasteiger partial charge on any atom is -0.496 e. The zero-order chi connectivity index (χ0) is 26.6. The molecule has 3 heterocycles. The molecule has 2 aliphatic heterocycles. The Balaban J connectivity index is 1.18. The fourth-order valence-electron chi connectivity index (χ4n) is 5.03. The molecule has 9 nitrogen and oxygen atoms in total. The van der Waals surface area contributed by atoms with E-state index in [-0.39, 0.29) is 24.2 Å². The third-order valence-corrected chi connectivity index (χ3v) is 7.18. The van der Waals surface area contributed by atoms with Crippen LogP contribution in [0.3, 0.4) is 0 Å². The molecule has 0 aliphatic carbocycles. The first-order valence-electron chi connectivity index (χ1n) is 12.8. The number of hydrogen-bond donors (Lipinski definition) is 0. The van der Waals surface area contributed by atoms with Gasteiger partial charge in [-0.25, -0.2) is 9.37 Å². The number of para-hydroxylation sites is 1. The minimum absolute atomic E-state index is 0.0356. The van der Waals surface area contributed by atoms with E-state index in [0.29, 0.717) is 75.3 Å². The molecule has 0 saturated carbocycles. The van der Waals surface area contributed by atoms with E-state index in [2.05, 4.69) is 9.88 Å². The van der Waals surface area contributed by atoms with Gasteiger partial charge in [0.1, 0.15) is 11.6 Å². The van der Waals surface area contributed by atoms with Crippen molar-refractivity contribution >= 4 is 23.2 Å². The fraction of sp³-hybridized carbons (Fsp3) is 0.393. The monoisotopic (exact) mass is 521 g/mol. The molecule has 0 atom stereocenters. The Bertz CT molecular complexity index is 1300. The smallest absolute Gasteiger partial charge is 0.242 e. The SMILES string of the molecule is COc1cc(N2CCC(=O)N(CC(=O)N3CCN(c4ccccc4F)CC3)CC2)ccc1-c1cnc(C)o1. The van der Waals surface area contributed by atoms with E-state index in [1.54, 1.807) is 42.2 Å². The number of carbonyl (C=O) groups excluding carboxylic acids is 2. The van der Waals surface area contributed by atoms with Gasteiger partial charge in [0.05, 0.1) is 31.1 Å². The molecule has 0 radical (unpaired) electrons. The van der Waals surface area contributed by atoms with E-state index in [4.69, 9.17) is 9.15 Å². The average Bonchev–Trinajstić information content (AvgIpc) is 3.29. The average molecular weight is 522 g/mol. The first-order valence-corrected chi connectivity index (χ1v) is 12.8. The van der Waals surface area contributed by atoms with Crippen molar-refractivity contribution in [2.24, 2.45) is 0 Å². The van der Waals surface area contributed by atoms with E-state index >= 15 is 0 Å². The third kappa shape index (κ3) is 5.44. The number of aryl methyl sites for hydroxylation is 1. The maximum atomic E-state index is 14.1. The van der Waals surface area contributed by atoms with Gasteiger partial charge in [-0.2, -0.15) is 0 Å². The van der Waals surface area contributed by atoms with Crippen molar-refractivity contribution in [3.63, 3.8) is 0 Å². The van der Waals surface area contributed by atoms with Crippen LogP contribution in [-0.2, 0) is 9.59 Å². The van der Waals surface area contributed by atoms with E-state index in [0.717, 1.165) is 11.3 Å². The van der Waals surface area contributed by atoms with Gasteiger partial charge >= 0.3 is 0 Å². The largest absolute Gasteiger partial charge is 0.496 e. The van der Waals surface area contributed by atoms with Crippen LogP contribution in [0.2, 0.25) is 0 Å². The molecule has 3 aromatic rings. The van der Waals surface area contributed by atoms with Crippen LogP contribution in [0.4, 0.5) is 15.8 Å². The minimum atomic E-state index is -0.257. The molecule has 2 aromatic carbocycles. The van der Waals surface area contributed by atoms with Crippen LogP contribution in [0, 0.1) is 12.7 Å². The predicted octanol–water partition coefficient (Wildman–Crippen LogP) is 3.19. The number of halogens is 1. The molecule has 0 bridgehead atoms. The second-order valence-corrected chi connectivity index (χ2v) is 9.50. The van der Waals surface area contributed by atoms with E-state index in [1.165, 1.54) is 6.07 Å². The molecular weight excluding hydrogens is 489 g/mol. The lowest BCUT2D eigenvalue weighted by molar-refractivity contribution is -0.140. The molecule has 1 aromatic heterocycles. The van der Waals surface area contributed by atoms with Gasteiger partial charge in [-0.3, -0.25) is 9.59 Å². The van der Waals surface area contributed by atoms with Gasteiger partial charge in [-0.05, 0) is 24.3 Å². The molecule has 200 valence electrons. The summed E-state index contributed by atoms with van der Waals surface area (Å²) in [4.78, 5) is 37.6. The molecule has 0 spiro atoms.